The molecule has 0 aromatic heterocycles. The van der Waals surface area contributed by atoms with Crippen LogP contribution in [0.2, 0.25) is 0 Å². The minimum Gasteiger partial charge on any atom is -0.393 e. The highest BCUT2D eigenvalue weighted by atomic mass is 32.1. The van der Waals surface area contributed by atoms with E-state index in [9.17, 15) is 0 Å². The van der Waals surface area contributed by atoms with Crippen molar-refractivity contribution < 1.29 is 0 Å². The van der Waals surface area contributed by atoms with Crippen molar-refractivity contribution in [2.24, 2.45) is 5.73 Å². The van der Waals surface area contributed by atoms with E-state index in [2.05, 4.69) is 54.1 Å². The molecule has 0 aliphatic carbocycles. The van der Waals surface area contributed by atoms with Crippen LogP contribution < -0.4 is 5.73 Å². The third-order valence-corrected chi connectivity index (χ3v) is 4.03. The Morgan fingerprint density at radius 3 is 2.63 bits per heavy atom. The molecule has 0 saturated carbocycles. The van der Waals surface area contributed by atoms with E-state index in [4.69, 9.17) is 18.0 Å². The fourth-order valence-electron chi connectivity index (χ4n) is 2.91. The van der Waals surface area contributed by atoms with Crippen LogP contribution in [0.25, 0.3) is 0 Å². The first-order valence-corrected chi connectivity index (χ1v) is 7.26. The molecule has 1 aliphatic heterocycles. The third kappa shape index (κ3) is 3.75. The summed E-state index contributed by atoms with van der Waals surface area (Å²) >= 11 is 5.14. The zero-order valence-electron chi connectivity index (χ0n) is 11.7. The van der Waals surface area contributed by atoms with E-state index in [0.717, 1.165) is 26.1 Å². The summed E-state index contributed by atoms with van der Waals surface area (Å²) in [4.78, 5) is 5.51. The second-order valence-corrected chi connectivity index (χ2v) is 5.97. The molecule has 1 heterocycles. The van der Waals surface area contributed by atoms with E-state index in [1.165, 1.54) is 5.56 Å². The highest BCUT2D eigenvalue weighted by Gasteiger charge is 2.29. The van der Waals surface area contributed by atoms with Crippen LogP contribution in [0, 0.1) is 0 Å². The Bertz CT molecular complexity index is 421. The molecule has 19 heavy (non-hydrogen) atoms. The molecular weight excluding hydrogens is 254 g/mol. The maximum Gasteiger partial charge on any atom is 0.0746 e. The molecule has 1 saturated heterocycles. The highest BCUT2D eigenvalue weighted by Crippen LogP contribution is 2.28. The van der Waals surface area contributed by atoms with Crippen molar-refractivity contribution in [1.29, 1.82) is 0 Å². The minimum absolute atomic E-state index is 0.308. The van der Waals surface area contributed by atoms with Gasteiger partial charge in [0, 0.05) is 38.1 Å². The monoisotopic (exact) mass is 277 g/mol. The second kappa shape index (κ2) is 6.46. The van der Waals surface area contributed by atoms with E-state index in [0.29, 0.717) is 17.1 Å². The Morgan fingerprint density at radius 1 is 1.37 bits per heavy atom. The van der Waals surface area contributed by atoms with Crippen molar-refractivity contribution in [3.8, 4) is 0 Å². The summed E-state index contributed by atoms with van der Waals surface area (Å²) in [7, 11) is 2.18. The first-order valence-electron chi connectivity index (χ1n) is 6.85. The van der Waals surface area contributed by atoms with Crippen LogP contribution in [0.1, 0.15) is 24.9 Å². The molecule has 104 valence electrons. The summed E-state index contributed by atoms with van der Waals surface area (Å²) in [6.07, 6.45) is 0.757. The van der Waals surface area contributed by atoms with E-state index in [-0.39, 0.29) is 0 Å². The average molecular weight is 277 g/mol. The summed E-state index contributed by atoms with van der Waals surface area (Å²) < 4.78 is 0. The van der Waals surface area contributed by atoms with Crippen molar-refractivity contribution >= 4 is 17.2 Å². The fraction of sp³-hybridized carbons (Fsp3) is 0.533. The predicted octanol–water partition coefficient (Wildman–Crippen LogP) is 2.04. The van der Waals surface area contributed by atoms with Crippen molar-refractivity contribution in [1.82, 2.24) is 9.80 Å². The topological polar surface area (TPSA) is 32.5 Å². The standard InChI is InChI=1S/C15H23N3S/c1-12-11-17(2)8-9-18(12)14(10-15(16)19)13-6-4-3-5-7-13/h3-7,12,14H,8-11H2,1-2H3,(H2,16,19). The van der Waals surface area contributed by atoms with Gasteiger partial charge in [-0.3, -0.25) is 4.90 Å². The zero-order valence-corrected chi connectivity index (χ0v) is 12.6. The maximum absolute atomic E-state index is 5.80. The molecule has 0 spiro atoms. The number of nitrogens with two attached hydrogens (primary N) is 1. The quantitative estimate of drug-likeness (QED) is 0.854. The summed E-state index contributed by atoms with van der Waals surface area (Å²) in [6.45, 7) is 5.55. The Balaban J connectivity index is 2.20. The Morgan fingerprint density at radius 2 is 2.05 bits per heavy atom. The molecule has 2 atom stereocenters. The molecular formula is C15H23N3S. The van der Waals surface area contributed by atoms with Crippen LogP contribution in [0.5, 0.6) is 0 Å². The fourth-order valence-corrected chi connectivity index (χ4v) is 3.07. The van der Waals surface area contributed by atoms with Crippen molar-refractivity contribution in [2.45, 2.75) is 25.4 Å². The van der Waals surface area contributed by atoms with Gasteiger partial charge in [0.2, 0.25) is 0 Å². The lowest BCUT2D eigenvalue weighted by Crippen LogP contribution is -2.52. The van der Waals surface area contributed by atoms with Crippen LogP contribution >= 0.6 is 12.2 Å². The van der Waals surface area contributed by atoms with E-state index >= 15 is 0 Å². The lowest BCUT2D eigenvalue weighted by molar-refractivity contribution is 0.0631. The summed E-state index contributed by atoms with van der Waals surface area (Å²) in [6, 6.07) is 11.4. The Labute approximate surface area is 121 Å². The lowest BCUT2D eigenvalue weighted by Gasteiger charge is -2.43. The van der Waals surface area contributed by atoms with Crippen LogP contribution in [0.4, 0.5) is 0 Å². The van der Waals surface area contributed by atoms with Crippen molar-refractivity contribution in [3.63, 3.8) is 0 Å². The van der Waals surface area contributed by atoms with Gasteiger partial charge in [0.1, 0.15) is 0 Å². The predicted molar refractivity (Wildman–Crippen MR) is 84.3 cm³/mol. The van der Waals surface area contributed by atoms with Crippen molar-refractivity contribution in [3.05, 3.63) is 35.9 Å². The minimum atomic E-state index is 0.308. The van der Waals surface area contributed by atoms with Gasteiger partial charge in [-0.2, -0.15) is 0 Å². The average Bonchev–Trinajstić information content (AvgIpc) is 2.37. The number of hydrogen-bond acceptors (Lipinski definition) is 3. The number of hydrogen-bond donors (Lipinski definition) is 1. The van der Waals surface area contributed by atoms with Crippen LogP contribution in [-0.2, 0) is 0 Å². The summed E-state index contributed by atoms with van der Waals surface area (Å²) in [5.74, 6) is 0. The number of piperazine rings is 1. The molecule has 0 amide bonds. The van der Waals surface area contributed by atoms with E-state index in [1.807, 2.05) is 0 Å². The molecule has 1 fully saturated rings. The van der Waals surface area contributed by atoms with Gasteiger partial charge < -0.3 is 10.6 Å². The highest BCUT2D eigenvalue weighted by molar-refractivity contribution is 7.80. The van der Waals surface area contributed by atoms with Crippen LogP contribution in [0.3, 0.4) is 0 Å². The molecule has 2 rings (SSSR count). The van der Waals surface area contributed by atoms with E-state index < -0.39 is 0 Å². The Kier molecular flexibility index (Phi) is 4.91. The van der Waals surface area contributed by atoms with Gasteiger partial charge in [-0.1, -0.05) is 42.5 Å². The van der Waals surface area contributed by atoms with Crippen LogP contribution in [-0.4, -0.2) is 47.5 Å². The van der Waals surface area contributed by atoms with Gasteiger partial charge in [-0.15, -0.1) is 0 Å². The maximum atomic E-state index is 5.80. The second-order valence-electron chi connectivity index (χ2n) is 5.45. The first kappa shape index (κ1) is 14.4. The molecule has 2 unspecified atom stereocenters. The van der Waals surface area contributed by atoms with Gasteiger partial charge in [-0.05, 0) is 19.5 Å². The molecule has 1 aromatic rings. The lowest BCUT2D eigenvalue weighted by atomic mass is 9.99. The molecule has 2 N–H and O–H groups in total. The Hall–Kier alpha value is -0.970. The number of nitrogens with zero attached hydrogens (tertiary/aromatic N) is 2. The third-order valence-electron chi connectivity index (χ3n) is 3.86. The van der Waals surface area contributed by atoms with Crippen molar-refractivity contribution in [2.75, 3.05) is 26.7 Å². The molecule has 4 heteroatoms. The number of rotatable bonds is 4. The van der Waals surface area contributed by atoms with Gasteiger partial charge in [0.25, 0.3) is 0 Å². The smallest absolute Gasteiger partial charge is 0.0746 e. The normalized spacial score (nSPS) is 23.2. The van der Waals surface area contributed by atoms with E-state index in [1.54, 1.807) is 0 Å². The van der Waals surface area contributed by atoms with Crippen LogP contribution in [0.15, 0.2) is 30.3 Å². The first-order chi connectivity index (χ1) is 9.08. The molecule has 1 aromatic carbocycles. The molecule has 1 aliphatic rings. The molecule has 0 radical (unpaired) electrons. The summed E-state index contributed by atoms with van der Waals surface area (Å²) in [5.41, 5.74) is 7.12. The van der Waals surface area contributed by atoms with Gasteiger partial charge >= 0.3 is 0 Å². The van der Waals surface area contributed by atoms with Gasteiger partial charge in [0.15, 0.2) is 0 Å². The van der Waals surface area contributed by atoms with Gasteiger partial charge in [0.05, 0.1) is 4.99 Å². The number of likely N-dealkylation sites (N-methyl/N-ethyl adjacent to an activating group) is 1. The largest absolute Gasteiger partial charge is 0.393 e. The number of thiocarbonyl (C=S) groups is 1. The molecule has 0 bridgehead atoms. The molecule has 3 nitrogen and oxygen atoms in total. The zero-order chi connectivity index (χ0) is 13.8. The number of benzene rings is 1. The summed E-state index contributed by atoms with van der Waals surface area (Å²) in [5, 5.41) is 0. The SMILES string of the molecule is CC1CN(C)CCN1C(CC(N)=S)c1ccccc1. The van der Waals surface area contributed by atoms with Gasteiger partial charge in [-0.25, -0.2) is 0 Å².